The zero-order valence-corrected chi connectivity index (χ0v) is 13.6. The maximum absolute atomic E-state index is 12.9. The molecule has 0 heterocycles. The normalized spacial score (nSPS) is 10.6. The highest BCUT2D eigenvalue weighted by atomic mass is 35.5. The lowest BCUT2D eigenvalue weighted by Crippen LogP contribution is -2.17. The van der Waals surface area contributed by atoms with E-state index in [0.29, 0.717) is 29.6 Å². The van der Waals surface area contributed by atoms with Gasteiger partial charge in [0.05, 0.1) is 18.7 Å². The van der Waals surface area contributed by atoms with Crippen molar-refractivity contribution in [2.24, 2.45) is 0 Å². The quantitative estimate of drug-likeness (QED) is 0.725. The Hall–Kier alpha value is -1.82. The van der Waals surface area contributed by atoms with Crippen LogP contribution in [0.5, 0.6) is 11.5 Å². The fraction of sp³-hybridized carbons (Fsp3) is 0.294. The second kappa shape index (κ2) is 8.72. The summed E-state index contributed by atoms with van der Waals surface area (Å²) < 4.78 is 24.0. The Labute approximate surface area is 139 Å². The molecule has 0 saturated carbocycles. The summed E-state index contributed by atoms with van der Waals surface area (Å²) in [5.74, 6) is 0.689. The van der Waals surface area contributed by atoms with E-state index in [1.165, 1.54) is 12.1 Å². The molecular formula is C17H19ClFNO3. The van der Waals surface area contributed by atoms with Crippen molar-refractivity contribution >= 4 is 11.6 Å². The van der Waals surface area contributed by atoms with Crippen LogP contribution in [0.1, 0.15) is 11.1 Å². The molecule has 0 radical (unpaired) electrons. The van der Waals surface area contributed by atoms with E-state index < -0.39 is 0 Å². The molecule has 0 amide bonds. The number of rotatable bonds is 8. The van der Waals surface area contributed by atoms with Gasteiger partial charge in [-0.25, -0.2) is 4.39 Å². The van der Waals surface area contributed by atoms with E-state index in [4.69, 9.17) is 26.2 Å². The summed E-state index contributed by atoms with van der Waals surface area (Å²) in [4.78, 5) is 0. The summed E-state index contributed by atoms with van der Waals surface area (Å²) in [7, 11) is 1.54. The minimum atomic E-state index is -0.288. The highest BCUT2D eigenvalue weighted by Crippen LogP contribution is 2.37. The zero-order chi connectivity index (χ0) is 16.7. The summed E-state index contributed by atoms with van der Waals surface area (Å²) in [6, 6.07) is 9.69. The SMILES string of the molecule is COc1cc(CNCCO)cc(Cl)c1OCc1ccc(F)cc1. The number of hydrogen-bond donors (Lipinski definition) is 2. The number of aliphatic hydroxyl groups is 1. The van der Waals surface area contributed by atoms with Crippen LogP contribution < -0.4 is 14.8 Å². The highest BCUT2D eigenvalue weighted by molar-refractivity contribution is 6.32. The first kappa shape index (κ1) is 17.5. The second-order valence-electron chi connectivity index (χ2n) is 4.92. The molecule has 0 aliphatic rings. The van der Waals surface area contributed by atoms with Crippen LogP contribution in [0.15, 0.2) is 36.4 Å². The molecule has 0 fully saturated rings. The number of ether oxygens (including phenoxy) is 2. The van der Waals surface area contributed by atoms with E-state index in [1.807, 2.05) is 6.07 Å². The lowest BCUT2D eigenvalue weighted by molar-refractivity contribution is 0.284. The van der Waals surface area contributed by atoms with Crippen LogP contribution in [0.2, 0.25) is 5.02 Å². The number of nitrogens with one attached hydrogen (secondary N) is 1. The van der Waals surface area contributed by atoms with Crippen molar-refractivity contribution in [1.82, 2.24) is 5.32 Å². The van der Waals surface area contributed by atoms with Crippen LogP contribution in [0.4, 0.5) is 4.39 Å². The van der Waals surface area contributed by atoms with Gasteiger partial charge in [-0.3, -0.25) is 0 Å². The van der Waals surface area contributed by atoms with E-state index in [9.17, 15) is 4.39 Å². The molecule has 0 aliphatic carbocycles. The van der Waals surface area contributed by atoms with Crippen molar-refractivity contribution in [1.29, 1.82) is 0 Å². The third kappa shape index (κ3) is 5.10. The van der Waals surface area contributed by atoms with Crippen molar-refractivity contribution in [3.8, 4) is 11.5 Å². The van der Waals surface area contributed by atoms with Gasteiger partial charge in [-0.05, 0) is 35.4 Å². The third-order valence-corrected chi connectivity index (χ3v) is 3.48. The van der Waals surface area contributed by atoms with Gasteiger partial charge in [-0.2, -0.15) is 0 Å². The minimum absolute atomic E-state index is 0.0731. The first-order valence-electron chi connectivity index (χ1n) is 7.19. The predicted octanol–water partition coefficient (Wildman–Crippen LogP) is 3.15. The number of halogens is 2. The highest BCUT2D eigenvalue weighted by Gasteiger charge is 2.12. The van der Waals surface area contributed by atoms with Gasteiger partial charge in [0.2, 0.25) is 0 Å². The molecular weight excluding hydrogens is 321 g/mol. The van der Waals surface area contributed by atoms with E-state index >= 15 is 0 Å². The van der Waals surface area contributed by atoms with Crippen LogP contribution in [-0.4, -0.2) is 25.4 Å². The number of benzene rings is 2. The van der Waals surface area contributed by atoms with Gasteiger partial charge in [-0.1, -0.05) is 23.7 Å². The standard InChI is InChI=1S/C17H19ClFNO3/c1-22-16-9-13(10-20-6-7-21)8-15(18)17(16)23-11-12-2-4-14(19)5-3-12/h2-5,8-9,20-21H,6-7,10-11H2,1H3. The molecule has 23 heavy (non-hydrogen) atoms. The van der Waals surface area contributed by atoms with Crippen molar-refractivity contribution < 1.29 is 19.0 Å². The van der Waals surface area contributed by atoms with E-state index in [-0.39, 0.29) is 19.0 Å². The van der Waals surface area contributed by atoms with Crippen LogP contribution in [0, 0.1) is 5.82 Å². The van der Waals surface area contributed by atoms with Crippen molar-refractivity contribution in [3.05, 3.63) is 58.4 Å². The zero-order valence-electron chi connectivity index (χ0n) is 12.8. The predicted molar refractivity (Wildman–Crippen MR) is 87.5 cm³/mol. The number of hydrogen-bond acceptors (Lipinski definition) is 4. The number of aliphatic hydroxyl groups excluding tert-OH is 1. The molecule has 0 atom stereocenters. The fourth-order valence-corrected chi connectivity index (χ4v) is 2.35. The van der Waals surface area contributed by atoms with Crippen molar-refractivity contribution in [2.45, 2.75) is 13.2 Å². The Bertz CT molecular complexity index is 634. The summed E-state index contributed by atoms with van der Waals surface area (Å²) in [6.45, 7) is 1.40. The van der Waals surface area contributed by atoms with Crippen LogP contribution in [0.25, 0.3) is 0 Å². The van der Waals surface area contributed by atoms with Crippen LogP contribution >= 0.6 is 11.6 Å². The van der Waals surface area contributed by atoms with E-state index in [1.54, 1.807) is 25.3 Å². The molecule has 0 aromatic heterocycles. The fourth-order valence-electron chi connectivity index (χ4n) is 2.06. The first-order chi connectivity index (χ1) is 11.1. The molecule has 0 spiro atoms. The van der Waals surface area contributed by atoms with Crippen LogP contribution in [-0.2, 0) is 13.2 Å². The summed E-state index contributed by atoms with van der Waals surface area (Å²) in [5.41, 5.74) is 1.76. The molecule has 2 rings (SSSR count). The molecule has 4 nitrogen and oxygen atoms in total. The molecule has 124 valence electrons. The van der Waals surface area contributed by atoms with Crippen molar-refractivity contribution in [3.63, 3.8) is 0 Å². The lowest BCUT2D eigenvalue weighted by Gasteiger charge is -2.14. The van der Waals surface area contributed by atoms with Crippen molar-refractivity contribution in [2.75, 3.05) is 20.3 Å². The molecule has 0 bridgehead atoms. The maximum Gasteiger partial charge on any atom is 0.180 e. The molecule has 2 N–H and O–H groups in total. The van der Waals surface area contributed by atoms with Gasteiger partial charge in [0.1, 0.15) is 12.4 Å². The molecule has 2 aromatic carbocycles. The van der Waals surface area contributed by atoms with E-state index in [2.05, 4.69) is 5.32 Å². The molecule has 2 aromatic rings. The lowest BCUT2D eigenvalue weighted by atomic mass is 10.2. The third-order valence-electron chi connectivity index (χ3n) is 3.20. The smallest absolute Gasteiger partial charge is 0.180 e. The largest absolute Gasteiger partial charge is 0.493 e. The Morgan fingerprint density at radius 1 is 1.17 bits per heavy atom. The Morgan fingerprint density at radius 2 is 1.91 bits per heavy atom. The molecule has 0 unspecified atom stereocenters. The Balaban J connectivity index is 2.09. The van der Waals surface area contributed by atoms with E-state index in [0.717, 1.165) is 11.1 Å². The molecule has 6 heteroatoms. The molecule has 0 saturated heterocycles. The summed E-state index contributed by atoms with van der Waals surface area (Å²) in [6.07, 6.45) is 0. The Kier molecular flexibility index (Phi) is 6.65. The monoisotopic (exact) mass is 339 g/mol. The van der Waals surface area contributed by atoms with Gasteiger partial charge in [0, 0.05) is 13.1 Å². The van der Waals surface area contributed by atoms with Crippen LogP contribution in [0.3, 0.4) is 0 Å². The van der Waals surface area contributed by atoms with Gasteiger partial charge < -0.3 is 19.9 Å². The average Bonchev–Trinajstić information content (AvgIpc) is 2.55. The maximum atomic E-state index is 12.9. The number of methoxy groups -OCH3 is 1. The molecule has 0 aliphatic heterocycles. The minimum Gasteiger partial charge on any atom is -0.493 e. The topological polar surface area (TPSA) is 50.7 Å². The Morgan fingerprint density at radius 3 is 2.57 bits per heavy atom. The first-order valence-corrected chi connectivity index (χ1v) is 7.57. The summed E-state index contributed by atoms with van der Waals surface area (Å²) in [5, 5.41) is 12.3. The summed E-state index contributed by atoms with van der Waals surface area (Å²) >= 11 is 6.28. The van der Waals surface area contributed by atoms with Gasteiger partial charge >= 0.3 is 0 Å². The average molecular weight is 340 g/mol. The second-order valence-corrected chi connectivity index (χ2v) is 5.33. The van der Waals surface area contributed by atoms with Gasteiger partial charge in [0.25, 0.3) is 0 Å². The van der Waals surface area contributed by atoms with Gasteiger partial charge in [-0.15, -0.1) is 0 Å². The van der Waals surface area contributed by atoms with Gasteiger partial charge in [0.15, 0.2) is 11.5 Å².